The first-order valence-electron chi connectivity index (χ1n) is 4.14. The molecule has 1 aliphatic heterocycles. The van der Waals surface area contributed by atoms with E-state index in [4.69, 9.17) is 5.11 Å². The molecule has 4 heteroatoms. The number of aldehydes is 1. The lowest BCUT2D eigenvalue weighted by molar-refractivity contribution is -0.130. The van der Waals surface area contributed by atoms with Crippen molar-refractivity contribution in [2.24, 2.45) is 5.92 Å². The first-order chi connectivity index (χ1) is 6.11. The Bertz CT molecular complexity index is 260. The Hall–Kier alpha value is -1.16. The molecule has 0 aromatic heterocycles. The highest BCUT2D eigenvalue weighted by Gasteiger charge is 2.32. The van der Waals surface area contributed by atoms with Gasteiger partial charge in [-0.25, -0.2) is 0 Å². The van der Waals surface area contributed by atoms with E-state index in [0.29, 0.717) is 11.9 Å². The minimum absolute atomic E-state index is 0.149. The van der Waals surface area contributed by atoms with E-state index in [0.717, 1.165) is 0 Å². The summed E-state index contributed by atoms with van der Waals surface area (Å²) in [4.78, 5) is 23.8. The van der Waals surface area contributed by atoms with Crippen LogP contribution in [0.3, 0.4) is 0 Å². The molecule has 0 radical (unpaired) electrons. The lowest BCUT2D eigenvalue weighted by atomic mass is 9.89. The molecule has 72 valence electrons. The molecule has 2 unspecified atom stereocenters. The Kier molecular flexibility index (Phi) is 2.83. The molecule has 0 spiro atoms. The van der Waals surface area contributed by atoms with Crippen molar-refractivity contribution in [1.29, 1.82) is 0 Å². The zero-order chi connectivity index (χ0) is 10.0. The van der Waals surface area contributed by atoms with Gasteiger partial charge in [-0.2, -0.15) is 0 Å². The molecule has 1 rings (SSSR count). The molecule has 2 atom stereocenters. The number of rotatable bonds is 2. The molecule has 13 heavy (non-hydrogen) atoms. The van der Waals surface area contributed by atoms with Crippen LogP contribution in [0, 0.1) is 5.92 Å². The van der Waals surface area contributed by atoms with E-state index in [1.54, 1.807) is 25.1 Å². The minimum atomic E-state index is -0.754. The van der Waals surface area contributed by atoms with Crippen LogP contribution in [0.1, 0.15) is 6.92 Å². The highest BCUT2D eigenvalue weighted by molar-refractivity contribution is 6.00. The molecule has 0 aromatic carbocycles. The molecule has 1 aliphatic rings. The van der Waals surface area contributed by atoms with Crippen LogP contribution in [0.4, 0.5) is 0 Å². The third-order valence-corrected chi connectivity index (χ3v) is 2.42. The van der Waals surface area contributed by atoms with Gasteiger partial charge < -0.3 is 14.8 Å². The van der Waals surface area contributed by atoms with Gasteiger partial charge in [0.05, 0.1) is 12.6 Å². The molecule has 0 amide bonds. The second kappa shape index (κ2) is 3.70. The number of nitrogens with zero attached hydrogens (tertiary/aromatic N) is 1. The smallest absolute Gasteiger partial charge is 0.169 e. The zero-order valence-electron chi connectivity index (χ0n) is 7.73. The number of aliphatic hydroxyl groups excluding tert-OH is 1. The summed E-state index contributed by atoms with van der Waals surface area (Å²) in [5.74, 6) is -0.903. The van der Waals surface area contributed by atoms with Crippen LogP contribution in [-0.4, -0.2) is 41.8 Å². The van der Waals surface area contributed by atoms with Crippen molar-refractivity contribution < 1.29 is 14.7 Å². The van der Waals surface area contributed by atoms with E-state index >= 15 is 0 Å². The quantitative estimate of drug-likeness (QED) is 0.466. The van der Waals surface area contributed by atoms with Crippen molar-refractivity contribution in [3.05, 3.63) is 11.8 Å². The van der Waals surface area contributed by atoms with Crippen molar-refractivity contribution >= 4 is 12.1 Å². The van der Waals surface area contributed by atoms with Gasteiger partial charge in [-0.05, 0) is 12.5 Å². The number of Topliss-reactive ketones (excluding diaryl/α,β-unsaturated/α-hetero) is 1. The Balaban J connectivity index is 3.01. The number of carbonyl (C=O) groups excluding carboxylic acids is 2. The Morgan fingerprint density at radius 1 is 1.69 bits per heavy atom. The topological polar surface area (TPSA) is 57.6 Å². The highest BCUT2D eigenvalue weighted by atomic mass is 16.3. The van der Waals surface area contributed by atoms with Gasteiger partial charge in [-0.3, -0.25) is 4.79 Å². The van der Waals surface area contributed by atoms with E-state index in [1.807, 2.05) is 0 Å². The van der Waals surface area contributed by atoms with Crippen LogP contribution < -0.4 is 0 Å². The molecular weight excluding hydrogens is 170 g/mol. The second-order valence-corrected chi connectivity index (χ2v) is 3.22. The average Bonchev–Trinajstić information content (AvgIpc) is 2.13. The van der Waals surface area contributed by atoms with Crippen molar-refractivity contribution in [2.75, 3.05) is 13.7 Å². The largest absolute Gasteiger partial charge is 0.392 e. The van der Waals surface area contributed by atoms with Crippen LogP contribution in [0.25, 0.3) is 0 Å². The van der Waals surface area contributed by atoms with Gasteiger partial charge in [-0.1, -0.05) is 0 Å². The highest BCUT2D eigenvalue weighted by Crippen LogP contribution is 2.20. The van der Waals surface area contributed by atoms with Gasteiger partial charge in [0.2, 0.25) is 0 Å². The summed E-state index contributed by atoms with van der Waals surface area (Å²) in [6.07, 6.45) is 2.25. The van der Waals surface area contributed by atoms with Crippen molar-refractivity contribution in [2.45, 2.75) is 13.0 Å². The molecule has 0 bridgehead atoms. The van der Waals surface area contributed by atoms with Gasteiger partial charge >= 0.3 is 0 Å². The monoisotopic (exact) mass is 183 g/mol. The van der Waals surface area contributed by atoms with Gasteiger partial charge in [0.15, 0.2) is 5.78 Å². The standard InChI is InChI=1S/C9H13NO3/c1-6-9(13)8(5-12)7(4-11)3-10(6)2/h3,5-6,8,11H,4H2,1-2H3. The summed E-state index contributed by atoms with van der Waals surface area (Å²) >= 11 is 0. The predicted molar refractivity (Wildman–Crippen MR) is 47.0 cm³/mol. The maximum Gasteiger partial charge on any atom is 0.169 e. The molecule has 0 saturated carbocycles. The van der Waals surface area contributed by atoms with E-state index in [2.05, 4.69) is 0 Å². The Labute approximate surface area is 76.8 Å². The van der Waals surface area contributed by atoms with Crippen LogP contribution >= 0.6 is 0 Å². The maximum atomic E-state index is 11.5. The second-order valence-electron chi connectivity index (χ2n) is 3.22. The number of hydrogen-bond acceptors (Lipinski definition) is 4. The van der Waals surface area contributed by atoms with Crippen LogP contribution in [0.5, 0.6) is 0 Å². The van der Waals surface area contributed by atoms with Crippen LogP contribution in [-0.2, 0) is 9.59 Å². The summed E-state index contributed by atoms with van der Waals surface area (Å²) in [6, 6.07) is -0.287. The fraction of sp³-hybridized carbons (Fsp3) is 0.556. The number of carbonyl (C=O) groups is 2. The Morgan fingerprint density at radius 2 is 2.31 bits per heavy atom. The molecular formula is C9H13NO3. The first-order valence-corrected chi connectivity index (χ1v) is 4.14. The molecule has 1 N–H and O–H groups in total. The average molecular weight is 183 g/mol. The van der Waals surface area contributed by atoms with E-state index in [1.165, 1.54) is 0 Å². The fourth-order valence-corrected chi connectivity index (χ4v) is 1.39. The molecule has 4 nitrogen and oxygen atoms in total. The maximum absolute atomic E-state index is 11.5. The SMILES string of the molecule is CC1C(=O)C(C=O)C(CO)=CN1C. The third-order valence-electron chi connectivity index (χ3n) is 2.42. The van der Waals surface area contributed by atoms with Crippen LogP contribution in [0.2, 0.25) is 0 Å². The van der Waals surface area contributed by atoms with Gasteiger partial charge in [0.1, 0.15) is 12.2 Å². The number of aliphatic hydroxyl groups is 1. The van der Waals surface area contributed by atoms with Crippen molar-refractivity contribution in [3.63, 3.8) is 0 Å². The van der Waals surface area contributed by atoms with Crippen molar-refractivity contribution in [1.82, 2.24) is 4.90 Å². The molecule has 0 saturated heterocycles. The molecule has 0 aromatic rings. The lowest BCUT2D eigenvalue weighted by Crippen LogP contribution is -2.43. The van der Waals surface area contributed by atoms with Gasteiger partial charge in [-0.15, -0.1) is 0 Å². The fourth-order valence-electron chi connectivity index (χ4n) is 1.39. The summed E-state index contributed by atoms with van der Waals surface area (Å²) in [6.45, 7) is 1.50. The van der Waals surface area contributed by atoms with Gasteiger partial charge in [0, 0.05) is 13.2 Å². The lowest BCUT2D eigenvalue weighted by Gasteiger charge is -2.31. The molecule has 0 aliphatic carbocycles. The zero-order valence-corrected chi connectivity index (χ0v) is 7.73. The summed E-state index contributed by atoms with van der Waals surface area (Å²) < 4.78 is 0. The number of ketones is 1. The number of likely N-dealkylation sites (N-methyl/N-ethyl adjacent to an activating group) is 1. The normalized spacial score (nSPS) is 28.7. The van der Waals surface area contributed by atoms with E-state index in [9.17, 15) is 9.59 Å². The minimum Gasteiger partial charge on any atom is -0.392 e. The van der Waals surface area contributed by atoms with Crippen LogP contribution in [0.15, 0.2) is 11.8 Å². The summed E-state index contributed by atoms with van der Waals surface area (Å²) in [5, 5.41) is 8.91. The molecule has 1 heterocycles. The third kappa shape index (κ3) is 1.62. The summed E-state index contributed by atoms with van der Waals surface area (Å²) in [5.41, 5.74) is 0.473. The predicted octanol–water partition coefficient (Wildman–Crippen LogP) is -0.419. The van der Waals surface area contributed by atoms with E-state index in [-0.39, 0.29) is 18.4 Å². The molecule has 0 fully saturated rings. The van der Waals surface area contributed by atoms with Gasteiger partial charge in [0.25, 0.3) is 0 Å². The van der Waals surface area contributed by atoms with E-state index < -0.39 is 5.92 Å². The number of hydrogen-bond donors (Lipinski definition) is 1. The summed E-state index contributed by atoms with van der Waals surface area (Å²) in [7, 11) is 1.75. The van der Waals surface area contributed by atoms with Crippen molar-refractivity contribution in [3.8, 4) is 0 Å². The first kappa shape index (κ1) is 9.92. The Morgan fingerprint density at radius 3 is 2.77 bits per heavy atom.